The molecule has 1 rings (SSSR count). The standard InChI is InChI=1S/C13H27N3O/c1-3-11-4-6-12(7-5-11)9-15-8-10(2)13(14)16-17/h10-12,15,17H,3-9H2,1-2H3,(H2,14,16). The summed E-state index contributed by atoms with van der Waals surface area (Å²) in [5.74, 6) is 2.19. The molecule has 0 radical (unpaired) electrons. The van der Waals surface area contributed by atoms with E-state index in [1.54, 1.807) is 0 Å². The van der Waals surface area contributed by atoms with Crippen LogP contribution in [0, 0.1) is 17.8 Å². The van der Waals surface area contributed by atoms with Gasteiger partial charge in [0.15, 0.2) is 0 Å². The van der Waals surface area contributed by atoms with Gasteiger partial charge in [-0.25, -0.2) is 0 Å². The van der Waals surface area contributed by atoms with E-state index in [9.17, 15) is 0 Å². The third-order valence-electron chi connectivity index (χ3n) is 4.05. The Balaban J connectivity index is 2.12. The maximum absolute atomic E-state index is 8.54. The van der Waals surface area contributed by atoms with Gasteiger partial charge >= 0.3 is 0 Å². The number of hydrogen-bond donors (Lipinski definition) is 3. The van der Waals surface area contributed by atoms with Crippen molar-refractivity contribution < 1.29 is 5.21 Å². The van der Waals surface area contributed by atoms with Gasteiger partial charge in [-0.2, -0.15) is 0 Å². The van der Waals surface area contributed by atoms with Crippen molar-refractivity contribution in [3.05, 3.63) is 0 Å². The summed E-state index contributed by atoms with van der Waals surface area (Å²) >= 11 is 0. The zero-order chi connectivity index (χ0) is 12.7. The van der Waals surface area contributed by atoms with E-state index < -0.39 is 0 Å². The van der Waals surface area contributed by atoms with Crippen LogP contribution in [0.5, 0.6) is 0 Å². The molecule has 1 aliphatic rings. The Morgan fingerprint density at radius 1 is 1.35 bits per heavy atom. The Labute approximate surface area is 105 Å². The van der Waals surface area contributed by atoms with Crippen LogP contribution in [0.15, 0.2) is 5.16 Å². The van der Waals surface area contributed by atoms with E-state index in [0.717, 1.165) is 24.9 Å². The van der Waals surface area contributed by atoms with Crippen LogP contribution >= 0.6 is 0 Å². The van der Waals surface area contributed by atoms with E-state index in [2.05, 4.69) is 17.4 Å². The van der Waals surface area contributed by atoms with Gasteiger partial charge < -0.3 is 16.3 Å². The normalized spacial score (nSPS) is 28.0. The van der Waals surface area contributed by atoms with E-state index >= 15 is 0 Å². The van der Waals surface area contributed by atoms with E-state index in [0.29, 0.717) is 5.84 Å². The van der Waals surface area contributed by atoms with E-state index in [-0.39, 0.29) is 5.92 Å². The number of rotatable bonds is 6. The van der Waals surface area contributed by atoms with Crippen molar-refractivity contribution in [1.82, 2.24) is 5.32 Å². The number of nitrogens with two attached hydrogens (primary N) is 1. The highest BCUT2D eigenvalue weighted by atomic mass is 16.4. The minimum atomic E-state index is 0.104. The van der Waals surface area contributed by atoms with Crippen molar-refractivity contribution >= 4 is 5.84 Å². The number of amidine groups is 1. The fourth-order valence-corrected chi connectivity index (χ4v) is 2.55. The predicted molar refractivity (Wildman–Crippen MR) is 71.2 cm³/mol. The van der Waals surface area contributed by atoms with Crippen molar-refractivity contribution in [1.29, 1.82) is 0 Å². The van der Waals surface area contributed by atoms with Gasteiger partial charge in [0.05, 0.1) is 0 Å². The monoisotopic (exact) mass is 241 g/mol. The molecule has 1 fully saturated rings. The summed E-state index contributed by atoms with van der Waals surface area (Å²) in [6.45, 7) is 6.13. The van der Waals surface area contributed by atoms with Gasteiger partial charge in [0.2, 0.25) is 0 Å². The van der Waals surface area contributed by atoms with Crippen molar-refractivity contribution in [3.63, 3.8) is 0 Å². The van der Waals surface area contributed by atoms with Crippen molar-refractivity contribution in [3.8, 4) is 0 Å². The van der Waals surface area contributed by atoms with Crippen molar-refractivity contribution in [2.45, 2.75) is 46.0 Å². The lowest BCUT2D eigenvalue weighted by Gasteiger charge is -2.28. The molecule has 0 amide bonds. The van der Waals surface area contributed by atoms with E-state index in [1.165, 1.54) is 32.1 Å². The molecule has 0 spiro atoms. The first-order valence-corrected chi connectivity index (χ1v) is 6.85. The molecule has 0 aliphatic heterocycles. The van der Waals surface area contributed by atoms with Gasteiger partial charge in [-0.15, -0.1) is 0 Å². The Hall–Kier alpha value is -0.770. The second-order valence-corrected chi connectivity index (χ2v) is 5.38. The molecule has 1 atom stereocenters. The molecule has 0 aromatic rings. The fraction of sp³-hybridized carbons (Fsp3) is 0.923. The maximum Gasteiger partial charge on any atom is 0.143 e. The molecule has 0 saturated heterocycles. The van der Waals surface area contributed by atoms with Crippen LogP contribution in [0.2, 0.25) is 0 Å². The van der Waals surface area contributed by atoms with Gasteiger partial charge in [0, 0.05) is 12.5 Å². The fourth-order valence-electron chi connectivity index (χ4n) is 2.55. The molecular weight excluding hydrogens is 214 g/mol. The van der Waals surface area contributed by atoms with Crippen LogP contribution in [-0.4, -0.2) is 24.1 Å². The molecule has 17 heavy (non-hydrogen) atoms. The Morgan fingerprint density at radius 2 is 1.94 bits per heavy atom. The smallest absolute Gasteiger partial charge is 0.143 e. The van der Waals surface area contributed by atoms with Gasteiger partial charge in [-0.3, -0.25) is 0 Å². The minimum absolute atomic E-state index is 0.104. The first-order chi connectivity index (χ1) is 8.17. The van der Waals surface area contributed by atoms with Gasteiger partial charge in [0.25, 0.3) is 0 Å². The average Bonchev–Trinajstić information content (AvgIpc) is 2.38. The second kappa shape index (κ2) is 7.54. The lowest BCUT2D eigenvalue weighted by Crippen LogP contribution is -2.34. The third kappa shape index (κ3) is 4.94. The molecule has 0 bridgehead atoms. The molecule has 0 aromatic heterocycles. The summed E-state index contributed by atoms with van der Waals surface area (Å²) in [6.07, 6.45) is 6.81. The molecule has 4 N–H and O–H groups in total. The SMILES string of the molecule is CCC1CCC(CNCC(C)/C(N)=N/O)CC1. The Morgan fingerprint density at radius 3 is 2.47 bits per heavy atom. The van der Waals surface area contributed by atoms with Crippen LogP contribution in [-0.2, 0) is 0 Å². The topological polar surface area (TPSA) is 70.6 Å². The number of nitrogens with zero attached hydrogens (tertiary/aromatic N) is 1. The average molecular weight is 241 g/mol. The first-order valence-electron chi connectivity index (χ1n) is 6.85. The predicted octanol–water partition coefficient (Wildman–Crippen LogP) is 2.17. The molecule has 1 unspecified atom stereocenters. The van der Waals surface area contributed by atoms with Crippen molar-refractivity contribution in [2.24, 2.45) is 28.6 Å². The molecule has 0 heterocycles. The van der Waals surface area contributed by atoms with E-state index in [4.69, 9.17) is 10.9 Å². The van der Waals surface area contributed by atoms with Gasteiger partial charge in [-0.1, -0.05) is 38.3 Å². The number of nitrogens with one attached hydrogen (secondary N) is 1. The third-order valence-corrected chi connectivity index (χ3v) is 4.05. The quantitative estimate of drug-likeness (QED) is 0.289. The Kier molecular flexibility index (Phi) is 6.34. The highest BCUT2D eigenvalue weighted by molar-refractivity contribution is 5.82. The number of hydrogen-bond acceptors (Lipinski definition) is 3. The first kappa shape index (κ1) is 14.3. The molecule has 0 aromatic carbocycles. The highest BCUT2D eigenvalue weighted by Gasteiger charge is 2.19. The van der Waals surface area contributed by atoms with Crippen LogP contribution < -0.4 is 11.1 Å². The summed E-state index contributed by atoms with van der Waals surface area (Å²) < 4.78 is 0. The van der Waals surface area contributed by atoms with Crippen LogP contribution in [0.4, 0.5) is 0 Å². The summed E-state index contributed by atoms with van der Waals surface area (Å²) in [6, 6.07) is 0. The Bertz CT molecular complexity index is 235. The largest absolute Gasteiger partial charge is 0.409 e. The zero-order valence-electron chi connectivity index (χ0n) is 11.2. The molecular formula is C13H27N3O. The minimum Gasteiger partial charge on any atom is -0.409 e. The maximum atomic E-state index is 8.54. The van der Waals surface area contributed by atoms with Gasteiger partial charge in [0.1, 0.15) is 5.84 Å². The van der Waals surface area contributed by atoms with Crippen LogP contribution in [0.25, 0.3) is 0 Å². The lowest BCUT2D eigenvalue weighted by molar-refractivity contribution is 0.261. The molecule has 4 nitrogen and oxygen atoms in total. The van der Waals surface area contributed by atoms with Crippen LogP contribution in [0.1, 0.15) is 46.0 Å². The highest BCUT2D eigenvalue weighted by Crippen LogP contribution is 2.29. The summed E-state index contributed by atoms with van der Waals surface area (Å²) in [5, 5.41) is 15.0. The zero-order valence-corrected chi connectivity index (χ0v) is 11.2. The summed E-state index contributed by atoms with van der Waals surface area (Å²) in [7, 11) is 0. The summed E-state index contributed by atoms with van der Waals surface area (Å²) in [4.78, 5) is 0. The molecule has 100 valence electrons. The summed E-state index contributed by atoms with van der Waals surface area (Å²) in [5.41, 5.74) is 5.53. The van der Waals surface area contributed by atoms with E-state index in [1.807, 2.05) is 6.92 Å². The van der Waals surface area contributed by atoms with Crippen molar-refractivity contribution in [2.75, 3.05) is 13.1 Å². The lowest BCUT2D eigenvalue weighted by atomic mass is 9.81. The van der Waals surface area contributed by atoms with Gasteiger partial charge in [-0.05, 0) is 31.2 Å². The van der Waals surface area contributed by atoms with Crippen LogP contribution in [0.3, 0.4) is 0 Å². The number of oxime groups is 1. The second-order valence-electron chi connectivity index (χ2n) is 5.38. The molecule has 1 aliphatic carbocycles. The molecule has 1 saturated carbocycles. The molecule has 4 heteroatoms.